The van der Waals surface area contributed by atoms with Crippen LogP contribution in [0.25, 0.3) is 5.57 Å². The highest BCUT2D eigenvalue weighted by atomic mass is 35.5. The first kappa shape index (κ1) is 16.1. The molecule has 2 aromatic carbocycles. The number of nitrogens with one attached hydrogen (secondary N) is 1. The molecule has 24 heavy (non-hydrogen) atoms. The monoisotopic (exact) mass is 342 g/mol. The summed E-state index contributed by atoms with van der Waals surface area (Å²) in [6, 6.07) is 13.9. The maximum absolute atomic E-state index is 12.5. The molecule has 0 saturated heterocycles. The first-order valence-corrected chi connectivity index (χ1v) is 7.62. The summed E-state index contributed by atoms with van der Waals surface area (Å²) < 4.78 is 5.11. The summed E-state index contributed by atoms with van der Waals surface area (Å²) >= 11 is 5.90. The third-order valence-electron chi connectivity index (χ3n) is 3.78. The van der Waals surface area contributed by atoms with Gasteiger partial charge in [-0.05, 0) is 42.0 Å². The molecule has 2 aromatic rings. The predicted octanol–water partition coefficient (Wildman–Crippen LogP) is 3.17. The van der Waals surface area contributed by atoms with E-state index in [1.165, 1.54) is 7.05 Å². The maximum Gasteiger partial charge on any atom is 0.277 e. The van der Waals surface area contributed by atoms with E-state index in [9.17, 15) is 9.59 Å². The Labute approximate surface area is 144 Å². The zero-order valence-electron chi connectivity index (χ0n) is 13.2. The summed E-state index contributed by atoms with van der Waals surface area (Å²) in [5.41, 5.74) is 1.90. The third kappa shape index (κ3) is 2.86. The number of carbonyl (C=O) groups is 2. The molecule has 0 unspecified atom stereocenters. The number of hydrogen-bond donors (Lipinski definition) is 1. The van der Waals surface area contributed by atoms with Gasteiger partial charge in [0, 0.05) is 17.8 Å². The lowest BCUT2D eigenvalue weighted by molar-refractivity contribution is -0.135. The number of rotatable bonds is 4. The minimum Gasteiger partial charge on any atom is -0.497 e. The molecule has 122 valence electrons. The molecule has 0 aromatic heterocycles. The molecule has 0 aliphatic carbocycles. The normalized spacial score (nSPS) is 14.4. The van der Waals surface area contributed by atoms with E-state index < -0.39 is 0 Å². The number of halogens is 1. The van der Waals surface area contributed by atoms with Crippen molar-refractivity contribution in [1.29, 1.82) is 0 Å². The summed E-state index contributed by atoms with van der Waals surface area (Å²) in [6.07, 6.45) is 0. The van der Waals surface area contributed by atoms with Crippen LogP contribution in [0.1, 0.15) is 5.56 Å². The lowest BCUT2D eigenvalue weighted by Gasteiger charge is -2.09. The van der Waals surface area contributed by atoms with Crippen LogP contribution >= 0.6 is 11.6 Å². The van der Waals surface area contributed by atoms with Gasteiger partial charge in [0.1, 0.15) is 11.4 Å². The summed E-state index contributed by atoms with van der Waals surface area (Å²) in [5, 5.41) is 3.61. The van der Waals surface area contributed by atoms with Crippen LogP contribution in [0.2, 0.25) is 5.02 Å². The van der Waals surface area contributed by atoms with Gasteiger partial charge in [-0.1, -0.05) is 23.7 Å². The van der Waals surface area contributed by atoms with Crippen LogP contribution in [0.3, 0.4) is 0 Å². The fraction of sp³-hybridized carbons (Fsp3) is 0.111. The van der Waals surface area contributed by atoms with Crippen LogP contribution in [-0.4, -0.2) is 30.9 Å². The predicted molar refractivity (Wildman–Crippen MR) is 92.8 cm³/mol. The van der Waals surface area contributed by atoms with E-state index in [1.807, 2.05) is 0 Å². The first-order valence-electron chi connectivity index (χ1n) is 7.25. The molecule has 0 saturated carbocycles. The molecule has 0 atom stereocenters. The van der Waals surface area contributed by atoms with Crippen molar-refractivity contribution in [1.82, 2.24) is 4.90 Å². The molecule has 1 aliphatic rings. The van der Waals surface area contributed by atoms with Crippen LogP contribution in [0.5, 0.6) is 5.75 Å². The molecule has 3 rings (SSSR count). The molecule has 0 radical (unpaired) electrons. The van der Waals surface area contributed by atoms with Crippen molar-refractivity contribution >= 4 is 34.7 Å². The van der Waals surface area contributed by atoms with E-state index in [4.69, 9.17) is 16.3 Å². The van der Waals surface area contributed by atoms with E-state index in [1.54, 1.807) is 55.6 Å². The van der Waals surface area contributed by atoms with Crippen molar-refractivity contribution in [3.63, 3.8) is 0 Å². The van der Waals surface area contributed by atoms with E-state index in [0.717, 1.165) is 4.90 Å². The Hall–Kier alpha value is -2.79. The molecule has 1 heterocycles. The van der Waals surface area contributed by atoms with Gasteiger partial charge in [0.05, 0.1) is 12.7 Å². The number of hydrogen-bond acceptors (Lipinski definition) is 4. The highest BCUT2D eigenvalue weighted by Gasteiger charge is 2.36. The van der Waals surface area contributed by atoms with Crippen LogP contribution in [0, 0.1) is 0 Å². The third-order valence-corrected chi connectivity index (χ3v) is 4.03. The first-order chi connectivity index (χ1) is 11.5. The Balaban J connectivity index is 2.02. The Morgan fingerprint density at radius 1 is 0.958 bits per heavy atom. The van der Waals surface area contributed by atoms with Crippen LogP contribution in [0.15, 0.2) is 54.2 Å². The van der Waals surface area contributed by atoms with Crippen molar-refractivity contribution in [2.45, 2.75) is 0 Å². The van der Waals surface area contributed by atoms with Crippen LogP contribution in [-0.2, 0) is 9.59 Å². The lowest BCUT2D eigenvalue weighted by Crippen LogP contribution is -2.27. The van der Waals surface area contributed by atoms with Gasteiger partial charge in [0.15, 0.2) is 0 Å². The van der Waals surface area contributed by atoms with Crippen LogP contribution in [0.4, 0.5) is 5.69 Å². The minimum absolute atomic E-state index is 0.245. The zero-order valence-corrected chi connectivity index (χ0v) is 13.9. The second kappa shape index (κ2) is 6.37. The number of anilines is 1. The van der Waals surface area contributed by atoms with Gasteiger partial charge in [-0.15, -0.1) is 0 Å². The second-order valence-corrected chi connectivity index (χ2v) is 5.72. The second-order valence-electron chi connectivity index (χ2n) is 5.28. The topological polar surface area (TPSA) is 58.6 Å². The highest BCUT2D eigenvalue weighted by Crippen LogP contribution is 2.30. The molecule has 0 spiro atoms. The number of nitrogens with zero attached hydrogens (tertiary/aromatic N) is 1. The number of imide groups is 1. The van der Waals surface area contributed by atoms with Gasteiger partial charge in [-0.3, -0.25) is 14.5 Å². The molecule has 2 amide bonds. The van der Waals surface area contributed by atoms with Crippen molar-refractivity contribution < 1.29 is 14.3 Å². The standard InChI is InChI=1S/C18H15ClN2O3/c1-21-17(22)15(11-3-5-12(19)6-4-11)16(18(21)23)20-13-7-9-14(24-2)10-8-13/h3-10,20H,1-2H3. The summed E-state index contributed by atoms with van der Waals surface area (Å²) in [7, 11) is 3.04. The van der Waals surface area contributed by atoms with Gasteiger partial charge in [0.25, 0.3) is 11.8 Å². The summed E-state index contributed by atoms with van der Waals surface area (Å²) in [4.78, 5) is 26.0. The van der Waals surface area contributed by atoms with Crippen LogP contribution < -0.4 is 10.1 Å². The van der Waals surface area contributed by atoms with E-state index >= 15 is 0 Å². The van der Waals surface area contributed by atoms with Gasteiger partial charge in [-0.2, -0.15) is 0 Å². The van der Waals surface area contributed by atoms with Gasteiger partial charge >= 0.3 is 0 Å². The van der Waals surface area contributed by atoms with Crippen molar-refractivity contribution in [3.05, 3.63) is 64.8 Å². The Kier molecular flexibility index (Phi) is 4.27. The quantitative estimate of drug-likeness (QED) is 0.867. The molecule has 1 N–H and O–H groups in total. The Morgan fingerprint density at radius 3 is 2.17 bits per heavy atom. The maximum atomic E-state index is 12.5. The lowest BCUT2D eigenvalue weighted by atomic mass is 10.0. The molecule has 0 bridgehead atoms. The number of amides is 2. The van der Waals surface area contributed by atoms with Gasteiger partial charge in [0.2, 0.25) is 0 Å². The molecular weight excluding hydrogens is 328 g/mol. The SMILES string of the molecule is COc1ccc(NC2=C(c3ccc(Cl)cc3)C(=O)N(C)C2=O)cc1. The van der Waals surface area contributed by atoms with Crippen molar-refractivity contribution in [2.24, 2.45) is 0 Å². The molecule has 1 aliphatic heterocycles. The average molecular weight is 343 g/mol. The van der Waals surface area contributed by atoms with Gasteiger partial charge in [-0.25, -0.2) is 0 Å². The van der Waals surface area contributed by atoms with E-state index in [-0.39, 0.29) is 17.5 Å². The smallest absolute Gasteiger partial charge is 0.277 e. The van der Waals surface area contributed by atoms with E-state index in [0.29, 0.717) is 27.6 Å². The van der Waals surface area contributed by atoms with Gasteiger partial charge < -0.3 is 10.1 Å². The number of ether oxygens (including phenoxy) is 1. The summed E-state index contributed by atoms with van der Waals surface area (Å²) in [6.45, 7) is 0. The molecule has 6 heteroatoms. The Bertz CT molecular complexity index is 826. The number of likely N-dealkylation sites (N-methyl/N-ethyl adjacent to an activating group) is 1. The fourth-order valence-electron chi connectivity index (χ4n) is 2.46. The Morgan fingerprint density at radius 2 is 1.58 bits per heavy atom. The fourth-order valence-corrected chi connectivity index (χ4v) is 2.59. The number of methoxy groups -OCH3 is 1. The highest BCUT2D eigenvalue weighted by molar-refractivity contribution is 6.36. The zero-order chi connectivity index (χ0) is 17.3. The molecular formula is C18H15ClN2O3. The van der Waals surface area contributed by atoms with Crippen molar-refractivity contribution in [2.75, 3.05) is 19.5 Å². The average Bonchev–Trinajstić information content (AvgIpc) is 2.81. The molecule has 5 nitrogen and oxygen atoms in total. The number of carbonyl (C=O) groups excluding carboxylic acids is 2. The van der Waals surface area contributed by atoms with Crippen molar-refractivity contribution in [3.8, 4) is 5.75 Å². The van der Waals surface area contributed by atoms with E-state index in [2.05, 4.69) is 5.32 Å². The largest absolute Gasteiger partial charge is 0.497 e. The summed E-state index contributed by atoms with van der Waals surface area (Å²) in [5.74, 6) is -0.0162. The molecule has 0 fully saturated rings. The number of benzene rings is 2. The minimum atomic E-state index is -0.374.